The van der Waals surface area contributed by atoms with Gasteiger partial charge in [0.2, 0.25) is 0 Å². The third-order valence-corrected chi connectivity index (χ3v) is 1.20. The molecule has 0 N–H and O–H groups in total. The average molecular weight is 126 g/mol. The van der Waals surface area contributed by atoms with Crippen LogP contribution >= 0.6 is 0 Å². The quantitative estimate of drug-likeness (QED) is 0.530. The second-order valence-corrected chi connectivity index (χ2v) is 2.39. The van der Waals surface area contributed by atoms with Crippen LogP contribution in [0.15, 0.2) is 12.2 Å². The lowest BCUT2D eigenvalue weighted by molar-refractivity contribution is -0.121. The lowest BCUT2D eigenvalue weighted by atomic mass is 10.1. The van der Waals surface area contributed by atoms with Crippen LogP contribution in [0.5, 0.6) is 0 Å². The zero-order valence-corrected chi connectivity index (χ0v) is 6.35. The second-order valence-electron chi connectivity index (χ2n) is 2.39. The molecule has 0 radical (unpaired) electrons. The van der Waals surface area contributed by atoms with Crippen LogP contribution in [0.4, 0.5) is 0 Å². The van der Waals surface area contributed by atoms with Gasteiger partial charge in [0.1, 0.15) is 5.78 Å². The van der Waals surface area contributed by atoms with E-state index in [1.165, 1.54) is 0 Å². The molecule has 0 bridgehead atoms. The van der Waals surface area contributed by atoms with Crippen LogP contribution in [-0.2, 0) is 4.79 Å². The second kappa shape index (κ2) is 4.30. The van der Waals surface area contributed by atoms with Gasteiger partial charge in [-0.05, 0) is 6.92 Å². The highest BCUT2D eigenvalue weighted by atomic mass is 16.1. The summed E-state index contributed by atoms with van der Waals surface area (Å²) in [7, 11) is 0. The average Bonchev–Trinajstić information content (AvgIpc) is 1.82. The fourth-order valence-electron chi connectivity index (χ4n) is 0.470. The van der Waals surface area contributed by atoms with Crippen LogP contribution in [0.2, 0.25) is 0 Å². The van der Waals surface area contributed by atoms with E-state index < -0.39 is 0 Å². The zero-order valence-electron chi connectivity index (χ0n) is 6.35. The number of rotatable bonds is 3. The van der Waals surface area contributed by atoms with Gasteiger partial charge in [0.25, 0.3) is 0 Å². The Kier molecular flexibility index (Phi) is 4.02. The van der Waals surface area contributed by atoms with Gasteiger partial charge in [0.15, 0.2) is 0 Å². The Balaban J connectivity index is 3.51. The van der Waals surface area contributed by atoms with E-state index in [9.17, 15) is 4.79 Å². The molecule has 0 aliphatic heterocycles. The first-order valence-electron chi connectivity index (χ1n) is 3.32. The highest BCUT2D eigenvalue weighted by molar-refractivity contribution is 5.81. The number of carbonyl (C=O) groups is 1. The largest absolute Gasteiger partial charge is 0.299 e. The summed E-state index contributed by atoms with van der Waals surface area (Å²) in [6.07, 6.45) is 4.39. The van der Waals surface area contributed by atoms with Crippen molar-refractivity contribution in [2.75, 3.05) is 0 Å². The van der Waals surface area contributed by atoms with E-state index >= 15 is 0 Å². The topological polar surface area (TPSA) is 17.1 Å². The highest BCUT2D eigenvalue weighted by Gasteiger charge is 2.02. The molecule has 0 aliphatic rings. The monoisotopic (exact) mass is 126 g/mol. The molecule has 0 unspecified atom stereocenters. The molecule has 1 nitrogen and oxygen atoms in total. The SMILES string of the molecule is CC=CCC(=O)C(C)C. The lowest BCUT2D eigenvalue weighted by Gasteiger charge is -1.97. The molecule has 0 heterocycles. The van der Waals surface area contributed by atoms with E-state index in [4.69, 9.17) is 0 Å². The molecule has 0 aromatic carbocycles. The first-order valence-corrected chi connectivity index (χ1v) is 3.32. The summed E-state index contributed by atoms with van der Waals surface area (Å²) < 4.78 is 0. The first kappa shape index (κ1) is 8.41. The molecular formula is C8H14O. The van der Waals surface area contributed by atoms with Crippen molar-refractivity contribution in [3.05, 3.63) is 12.2 Å². The van der Waals surface area contributed by atoms with Crippen molar-refractivity contribution in [3.63, 3.8) is 0 Å². The van der Waals surface area contributed by atoms with Crippen LogP contribution in [-0.4, -0.2) is 5.78 Å². The van der Waals surface area contributed by atoms with E-state index in [2.05, 4.69) is 0 Å². The Morgan fingerprint density at radius 3 is 2.44 bits per heavy atom. The maximum atomic E-state index is 10.9. The van der Waals surface area contributed by atoms with Crippen molar-refractivity contribution < 1.29 is 4.79 Å². The molecule has 0 fully saturated rings. The minimum absolute atomic E-state index is 0.182. The predicted octanol–water partition coefficient (Wildman–Crippen LogP) is 2.18. The Bertz CT molecular complexity index is 112. The van der Waals surface area contributed by atoms with Crippen LogP contribution in [0.25, 0.3) is 0 Å². The molecule has 0 aromatic rings. The van der Waals surface area contributed by atoms with Gasteiger partial charge >= 0.3 is 0 Å². The molecule has 52 valence electrons. The van der Waals surface area contributed by atoms with E-state index in [1.54, 1.807) is 0 Å². The Morgan fingerprint density at radius 2 is 2.11 bits per heavy atom. The van der Waals surface area contributed by atoms with Gasteiger partial charge in [0, 0.05) is 12.3 Å². The summed E-state index contributed by atoms with van der Waals surface area (Å²) in [6, 6.07) is 0. The van der Waals surface area contributed by atoms with Gasteiger partial charge in [-0.15, -0.1) is 0 Å². The molecule has 0 spiro atoms. The smallest absolute Gasteiger partial charge is 0.139 e. The van der Waals surface area contributed by atoms with E-state index in [0.29, 0.717) is 12.2 Å². The van der Waals surface area contributed by atoms with E-state index in [0.717, 1.165) is 0 Å². The van der Waals surface area contributed by atoms with E-state index in [-0.39, 0.29) is 5.92 Å². The molecular weight excluding hydrogens is 112 g/mol. The molecule has 1 heteroatoms. The van der Waals surface area contributed by atoms with Crippen LogP contribution in [0.1, 0.15) is 27.2 Å². The van der Waals surface area contributed by atoms with Gasteiger partial charge < -0.3 is 0 Å². The number of hydrogen-bond donors (Lipinski definition) is 0. The predicted molar refractivity (Wildman–Crippen MR) is 39.3 cm³/mol. The van der Waals surface area contributed by atoms with Crippen molar-refractivity contribution in [2.45, 2.75) is 27.2 Å². The number of ketones is 1. The van der Waals surface area contributed by atoms with Crippen molar-refractivity contribution in [1.82, 2.24) is 0 Å². The van der Waals surface area contributed by atoms with Crippen molar-refractivity contribution in [2.24, 2.45) is 5.92 Å². The van der Waals surface area contributed by atoms with Crippen molar-refractivity contribution in [3.8, 4) is 0 Å². The number of Topliss-reactive ketones (excluding diaryl/α,β-unsaturated/α-hetero) is 1. The molecule has 0 aromatic heterocycles. The third kappa shape index (κ3) is 3.95. The lowest BCUT2D eigenvalue weighted by Crippen LogP contribution is -2.04. The van der Waals surface area contributed by atoms with Crippen LogP contribution in [0.3, 0.4) is 0 Å². The first-order chi connectivity index (χ1) is 4.18. The standard InChI is InChI=1S/C8H14O/c1-4-5-6-8(9)7(2)3/h4-5,7H,6H2,1-3H3. The van der Waals surface area contributed by atoms with Gasteiger partial charge in [-0.1, -0.05) is 26.0 Å². The summed E-state index contributed by atoms with van der Waals surface area (Å²) in [6.45, 7) is 5.77. The summed E-state index contributed by atoms with van der Waals surface area (Å²) in [5.74, 6) is 0.495. The molecule has 0 aliphatic carbocycles. The van der Waals surface area contributed by atoms with Crippen molar-refractivity contribution in [1.29, 1.82) is 0 Å². The third-order valence-electron chi connectivity index (χ3n) is 1.20. The zero-order chi connectivity index (χ0) is 7.28. The maximum absolute atomic E-state index is 10.9. The van der Waals surface area contributed by atoms with Gasteiger partial charge in [-0.3, -0.25) is 4.79 Å². The highest BCUT2D eigenvalue weighted by Crippen LogP contribution is 1.98. The van der Waals surface area contributed by atoms with Crippen LogP contribution < -0.4 is 0 Å². The Labute approximate surface area is 56.8 Å². The summed E-state index contributed by atoms with van der Waals surface area (Å²) in [5.41, 5.74) is 0. The minimum atomic E-state index is 0.182. The normalized spacial score (nSPS) is 11.1. The molecule has 0 amide bonds. The Morgan fingerprint density at radius 1 is 1.56 bits per heavy atom. The summed E-state index contributed by atoms with van der Waals surface area (Å²) in [5, 5.41) is 0. The minimum Gasteiger partial charge on any atom is -0.299 e. The fourth-order valence-corrected chi connectivity index (χ4v) is 0.470. The molecule has 0 saturated heterocycles. The molecule has 9 heavy (non-hydrogen) atoms. The molecule has 0 saturated carbocycles. The van der Waals surface area contributed by atoms with Gasteiger partial charge in [-0.25, -0.2) is 0 Å². The van der Waals surface area contributed by atoms with E-state index in [1.807, 2.05) is 32.9 Å². The fraction of sp³-hybridized carbons (Fsp3) is 0.625. The Hall–Kier alpha value is -0.590. The number of hydrogen-bond acceptors (Lipinski definition) is 1. The molecule has 0 rings (SSSR count). The van der Waals surface area contributed by atoms with Gasteiger partial charge in [0.05, 0.1) is 0 Å². The summed E-state index contributed by atoms with van der Waals surface area (Å²) >= 11 is 0. The number of allylic oxidation sites excluding steroid dienone is 2. The van der Waals surface area contributed by atoms with Crippen molar-refractivity contribution >= 4 is 5.78 Å². The summed E-state index contributed by atoms with van der Waals surface area (Å²) in [4.78, 5) is 10.9. The maximum Gasteiger partial charge on any atom is 0.139 e. The van der Waals surface area contributed by atoms with Gasteiger partial charge in [-0.2, -0.15) is 0 Å². The van der Waals surface area contributed by atoms with Crippen LogP contribution in [0, 0.1) is 5.92 Å². The number of carbonyl (C=O) groups excluding carboxylic acids is 1. The molecule has 0 atom stereocenters.